The molecule has 0 spiro atoms. The predicted molar refractivity (Wildman–Crippen MR) is 125 cm³/mol. The topological polar surface area (TPSA) is 38.8 Å². The summed E-state index contributed by atoms with van der Waals surface area (Å²) in [6, 6.07) is 3.45. The van der Waals surface area contributed by atoms with Gasteiger partial charge in [0.05, 0.1) is 15.7 Å². The molecule has 4 rings (SSSR count). The van der Waals surface area contributed by atoms with Crippen molar-refractivity contribution in [3.63, 3.8) is 0 Å². The molecule has 10 heteroatoms. The van der Waals surface area contributed by atoms with Crippen molar-refractivity contribution < 1.29 is 18.0 Å². The van der Waals surface area contributed by atoms with E-state index in [4.69, 9.17) is 23.2 Å². The molecule has 33 heavy (non-hydrogen) atoms. The predicted octanol–water partition coefficient (Wildman–Crippen LogP) is 5.41. The third kappa shape index (κ3) is 6.01. The second-order valence-electron chi connectivity index (χ2n) is 9.42. The molecule has 2 heterocycles. The Morgan fingerprint density at radius 1 is 1.06 bits per heavy atom. The summed E-state index contributed by atoms with van der Waals surface area (Å²) in [5, 5.41) is 3.55. The molecule has 1 aromatic rings. The summed E-state index contributed by atoms with van der Waals surface area (Å²) in [4.78, 5) is 17.2. The monoisotopic (exact) mass is 506 g/mol. The van der Waals surface area contributed by atoms with Gasteiger partial charge in [0.15, 0.2) is 0 Å². The molecule has 3 fully saturated rings. The maximum atomic E-state index is 13.9. The smallest absolute Gasteiger partial charge is 0.356 e. The molecule has 1 atom stereocenters. The summed E-state index contributed by atoms with van der Waals surface area (Å²) < 4.78 is 41.8. The van der Waals surface area contributed by atoms with Crippen molar-refractivity contribution >= 4 is 34.9 Å². The minimum absolute atomic E-state index is 0.0422. The van der Waals surface area contributed by atoms with Crippen LogP contribution in [0.25, 0.3) is 0 Å². The first-order chi connectivity index (χ1) is 15.7. The van der Waals surface area contributed by atoms with Crippen LogP contribution in [0.2, 0.25) is 10.0 Å². The molecule has 5 nitrogen and oxygen atoms in total. The number of benzene rings is 1. The van der Waals surface area contributed by atoms with E-state index >= 15 is 0 Å². The van der Waals surface area contributed by atoms with Crippen LogP contribution < -0.4 is 10.2 Å². The van der Waals surface area contributed by atoms with Crippen molar-refractivity contribution in [3.8, 4) is 0 Å². The molecule has 2 saturated heterocycles. The standard InChI is InChI=1S/C23H31Cl2F3N4O/c24-18-3-1-4-19(21(18)25)32-14-13-30(15-20(32)23(26,27)28)12-9-16-5-7-17(8-6-16)29-22(33)31-10-2-11-31/h1,3-4,16-17,20H,2,5-15H2,(H,29,33). The molecule has 2 aliphatic heterocycles. The zero-order valence-corrected chi connectivity index (χ0v) is 20.1. The minimum Gasteiger partial charge on any atom is -0.356 e. The van der Waals surface area contributed by atoms with Gasteiger partial charge in [-0.15, -0.1) is 0 Å². The molecular weight excluding hydrogens is 476 g/mol. The zero-order chi connectivity index (χ0) is 23.6. The Kier molecular flexibility index (Phi) is 7.86. The molecule has 2 amide bonds. The zero-order valence-electron chi connectivity index (χ0n) is 18.6. The van der Waals surface area contributed by atoms with Crippen molar-refractivity contribution in [2.75, 3.05) is 44.2 Å². The van der Waals surface area contributed by atoms with Gasteiger partial charge < -0.3 is 15.1 Å². The Bertz CT molecular complexity index is 828. The second kappa shape index (κ2) is 10.5. The Hall–Kier alpha value is -1.38. The molecule has 0 bridgehead atoms. The SMILES string of the molecule is O=C(NC1CCC(CCN2CCN(c3cccc(Cl)c3Cl)C(C(F)(F)F)C2)CC1)N1CCC1. The van der Waals surface area contributed by atoms with Gasteiger partial charge in [0.25, 0.3) is 0 Å². The summed E-state index contributed by atoms with van der Waals surface area (Å²) in [6.45, 7) is 3.07. The summed E-state index contributed by atoms with van der Waals surface area (Å²) in [5.41, 5.74) is 0.338. The van der Waals surface area contributed by atoms with E-state index in [-0.39, 0.29) is 35.2 Å². The first-order valence-corrected chi connectivity index (χ1v) is 12.5. The minimum atomic E-state index is -4.36. The number of hydrogen-bond donors (Lipinski definition) is 1. The molecule has 184 valence electrons. The molecule has 1 aromatic carbocycles. The number of carbonyl (C=O) groups is 1. The van der Waals surface area contributed by atoms with Crippen molar-refractivity contribution in [1.29, 1.82) is 0 Å². The van der Waals surface area contributed by atoms with Crippen molar-refractivity contribution in [1.82, 2.24) is 15.1 Å². The first-order valence-electron chi connectivity index (χ1n) is 11.8. The number of likely N-dealkylation sites (tertiary alicyclic amines) is 1. The summed E-state index contributed by atoms with van der Waals surface area (Å²) >= 11 is 12.3. The molecule has 1 N–H and O–H groups in total. The number of hydrogen-bond acceptors (Lipinski definition) is 3. The lowest BCUT2D eigenvalue weighted by molar-refractivity contribution is -0.156. The van der Waals surface area contributed by atoms with Crippen LogP contribution in [0.4, 0.5) is 23.7 Å². The number of urea groups is 1. The second-order valence-corrected chi connectivity index (χ2v) is 10.2. The Morgan fingerprint density at radius 2 is 1.79 bits per heavy atom. The van der Waals surface area contributed by atoms with Gasteiger partial charge in [-0.25, -0.2) is 4.79 Å². The molecule has 3 aliphatic rings. The maximum Gasteiger partial charge on any atom is 0.409 e. The van der Waals surface area contributed by atoms with Gasteiger partial charge in [-0.1, -0.05) is 29.3 Å². The Morgan fingerprint density at radius 3 is 2.42 bits per heavy atom. The number of alkyl halides is 3. The molecule has 1 saturated carbocycles. The van der Waals surface area contributed by atoms with Gasteiger partial charge in [-0.05, 0) is 63.1 Å². The van der Waals surface area contributed by atoms with E-state index in [1.54, 1.807) is 18.2 Å². The van der Waals surface area contributed by atoms with Gasteiger partial charge in [0, 0.05) is 38.8 Å². The van der Waals surface area contributed by atoms with Crippen molar-refractivity contribution in [3.05, 3.63) is 28.2 Å². The van der Waals surface area contributed by atoms with Crippen molar-refractivity contribution in [2.45, 2.75) is 56.8 Å². The third-order valence-electron chi connectivity index (χ3n) is 7.25. The van der Waals surface area contributed by atoms with Gasteiger partial charge >= 0.3 is 12.2 Å². The normalized spacial score (nSPS) is 26.8. The first kappa shape index (κ1) is 24.7. The van der Waals surface area contributed by atoms with Crippen LogP contribution in [-0.4, -0.2) is 73.4 Å². The molecule has 0 radical (unpaired) electrons. The lowest BCUT2D eigenvalue weighted by Crippen LogP contribution is -2.59. The van der Waals surface area contributed by atoms with Gasteiger partial charge in [0.1, 0.15) is 6.04 Å². The molecule has 1 unspecified atom stereocenters. The highest BCUT2D eigenvalue weighted by molar-refractivity contribution is 6.43. The third-order valence-corrected chi connectivity index (χ3v) is 8.06. The largest absolute Gasteiger partial charge is 0.409 e. The number of carbonyl (C=O) groups excluding carboxylic acids is 1. The van der Waals surface area contributed by atoms with Crippen LogP contribution in [0.1, 0.15) is 38.5 Å². The quantitative estimate of drug-likeness (QED) is 0.580. The van der Waals surface area contributed by atoms with Gasteiger partial charge in [-0.3, -0.25) is 4.90 Å². The van der Waals surface area contributed by atoms with Crippen LogP contribution in [-0.2, 0) is 0 Å². The van der Waals surface area contributed by atoms with E-state index in [0.717, 1.165) is 51.6 Å². The Balaban J connectivity index is 1.27. The summed E-state index contributed by atoms with van der Waals surface area (Å²) in [6.07, 6.45) is 1.49. The number of nitrogens with one attached hydrogen (secondary N) is 1. The van der Waals surface area contributed by atoms with E-state index in [1.165, 1.54) is 4.90 Å². The van der Waals surface area contributed by atoms with Gasteiger partial charge in [-0.2, -0.15) is 13.2 Å². The van der Waals surface area contributed by atoms with Crippen LogP contribution in [0.5, 0.6) is 0 Å². The van der Waals surface area contributed by atoms with Crippen LogP contribution in [0, 0.1) is 5.92 Å². The average Bonchev–Trinajstić information content (AvgIpc) is 2.73. The lowest BCUT2D eigenvalue weighted by atomic mass is 9.84. The molecule has 0 aromatic heterocycles. The lowest BCUT2D eigenvalue weighted by Gasteiger charge is -2.44. The summed E-state index contributed by atoms with van der Waals surface area (Å²) in [5.74, 6) is 0.493. The summed E-state index contributed by atoms with van der Waals surface area (Å²) in [7, 11) is 0. The van der Waals surface area contributed by atoms with E-state index in [0.29, 0.717) is 24.7 Å². The van der Waals surface area contributed by atoms with Crippen molar-refractivity contribution in [2.24, 2.45) is 5.92 Å². The van der Waals surface area contributed by atoms with Crippen LogP contribution >= 0.6 is 23.2 Å². The molecule has 1 aliphatic carbocycles. The fraction of sp³-hybridized carbons (Fsp3) is 0.696. The number of amides is 2. The number of piperazine rings is 1. The maximum absolute atomic E-state index is 13.9. The van der Waals surface area contributed by atoms with E-state index in [2.05, 4.69) is 5.32 Å². The molecular formula is C23H31Cl2F3N4O. The highest BCUT2D eigenvalue weighted by atomic mass is 35.5. The highest BCUT2D eigenvalue weighted by Crippen LogP contribution is 2.38. The fourth-order valence-electron chi connectivity index (χ4n) is 5.07. The van der Waals surface area contributed by atoms with E-state index in [1.807, 2.05) is 9.80 Å². The van der Waals surface area contributed by atoms with Crippen LogP contribution in [0.15, 0.2) is 18.2 Å². The number of rotatable bonds is 5. The van der Waals surface area contributed by atoms with E-state index in [9.17, 15) is 18.0 Å². The number of nitrogens with zero attached hydrogens (tertiary/aromatic N) is 3. The fourth-order valence-corrected chi connectivity index (χ4v) is 5.48. The highest BCUT2D eigenvalue weighted by Gasteiger charge is 2.47. The number of anilines is 1. The van der Waals surface area contributed by atoms with Crippen LogP contribution in [0.3, 0.4) is 0 Å². The number of halogens is 5. The Labute approximate surface area is 203 Å². The average molecular weight is 507 g/mol. The van der Waals surface area contributed by atoms with Gasteiger partial charge in [0.2, 0.25) is 0 Å². The van der Waals surface area contributed by atoms with E-state index < -0.39 is 12.2 Å².